The van der Waals surface area contributed by atoms with Gasteiger partial charge in [0.15, 0.2) is 0 Å². The van der Waals surface area contributed by atoms with Gasteiger partial charge in [-0.1, -0.05) is 51.4 Å². The van der Waals surface area contributed by atoms with Crippen LogP contribution in [0.1, 0.15) is 103 Å². The van der Waals surface area contributed by atoms with Crippen molar-refractivity contribution in [2.75, 3.05) is 26.4 Å². The average molecular weight is 563 g/mol. The Morgan fingerprint density at radius 3 is 0.872 bits per heavy atom. The van der Waals surface area contributed by atoms with Crippen molar-refractivity contribution in [1.82, 2.24) is 0 Å². The van der Waals surface area contributed by atoms with E-state index in [1.807, 2.05) is 0 Å². The van der Waals surface area contributed by atoms with Gasteiger partial charge in [-0.05, 0) is 63.5 Å². The van der Waals surface area contributed by atoms with Gasteiger partial charge >= 0.3 is 0 Å². The lowest BCUT2D eigenvalue weighted by molar-refractivity contribution is 0.0238. The quantitative estimate of drug-likeness (QED) is 0.0527. The molecule has 4 unspecified atom stereocenters. The van der Waals surface area contributed by atoms with Crippen molar-refractivity contribution in [3.63, 3.8) is 0 Å². The molecule has 0 saturated heterocycles. The average Bonchev–Trinajstić information content (AvgIpc) is 2.93. The van der Waals surface area contributed by atoms with Crippen LogP contribution in [0.15, 0.2) is 24.7 Å². The number of aliphatic hydroxyl groups is 8. The summed E-state index contributed by atoms with van der Waals surface area (Å²) in [7, 11) is 0. The van der Waals surface area contributed by atoms with Crippen LogP contribution in [0.2, 0.25) is 0 Å². The second kappa shape index (κ2) is 27.1. The van der Waals surface area contributed by atoms with Crippen LogP contribution in [-0.2, 0) is 4.74 Å². The first kappa shape index (κ1) is 38.0. The van der Waals surface area contributed by atoms with E-state index < -0.39 is 36.3 Å². The van der Waals surface area contributed by atoms with E-state index in [4.69, 9.17) is 25.2 Å². The lowest BCUT2D eigenvalue weighted by atomic mass is 9.89. The van der Waals surface area contributed by atoms with Crippen LogP contribution in [-0.4, -0.2) is 91.7 Å². The van der Waals surface area contributed by atoms with E-state index in [2.05, 4.69) is 0 Å². The van der Waals surface area contributed by atoms with Crippen molar-refractivity contribution in [1.29, 1.82) is 0 Å². The highest BCUT2D eigenvalue weighted by Gasteiger charge is 2.25. The molecular weight excluding hydrogens is 504 g/mol. The van der Waals surface area contributed by atoms with E-state index >= 15 is 0 Å². The summed E-state index contributed by atoms with van der Waals surface area (Å²) in [4.78, 5) is 0. The molecule has 0 aromatic heterocycles. The molecule has 0 saturated carbocycles. The lowest BCUT2D eigenvalue weighted by Gasteiger charge is -2.25. The number of hydrogen-bond acceptors (Lipinski definition) is 9. The molecule has 0 radical (unpaired) electrons. The van der Waals surface area contributed by atoms with Gasteiger partial charge in [0.25, 0.3) is 0 Å². The van der Waals surface area contributed by atoms with E-state index in [9.17, 15) is 20.4 Å². The molecule has 0 amide bonds. The van der Waals surface area contributed by atoms with Gasteiger partial charge in [-0.25, -0.2) is 0 Å². The second-order valence-electron chi connectivity index (χ2n) is 10.5. The molecule has 0 spiro atoms. The van der Waals surface area contributed by atoms with Crippen molar-refractivity contribution in [3.8, 4) is 0 Å². The predicted octanol–water partition coefficient (Wildman–Crippen LogP) is 2.92. The molecular formula is C30H58O9. The number of aliphatic hydroxyl groups excluding tert-OH is 8. The topological polar surface area (TPSA) is 171 Å². The maximum atomic E-state index is 10.7. The van der Waals surface area contributed by atoms with Crippen molar-refractivity contribution in [2.45, 2.75) is 127 Å². The molecule has 39 heavy (non-hydrogen) atoms. The number of ether oxygens (including phenoxy) is 1. The monoisotopic (exact) mass is 562 g/mol. The first-order valence-electron chi connectivity index (χ1n) is 15.1. The standard InChI is InChI=1S/C30H58O9/c31-19-9-1-5-13-27(35)25(28(36)14-6-2-10-20-32)17-23-39-24-18-26(29(37)15-7-3-11-21-33)30(38)16-8-4-12-22-34/h17-18,23-38H,1-16,19-22H2. The fourth-order valence-electron chi connectivity index (χ4n) is 4.68. The van der Waals surface area contributed by atoms with Crippen molar-refractivity contribution in [2.24, 2.45) is 11.8 Å². The molecule has 9 nitrogen and oxygen atoms in total. The SMILES string of the molecule is OCCCCCC(O)C(C=COC=CC(C(O)CCCCCO)C(O)CCCCCO)C(O)CCCCCO. The highest BCUT2D eigenvalue weighted by atomic mass is 16.5. The fourth-order valence-corrected chi connectivity index (χ4v) is 4.68. The highest BCUT2D eigenvalue weighted by molar-refractivity contribution is 4.96. The molecule has 232 valence electrons. The summed E-state index contributed by atoms with van der Waals surface area (Å²) in [5.74, 6) is -1.07. The molecule has 0 aliphatic heterocycles. The van der Waals surface area contributed by atoms with Gasteiger partial charge in [0.1, 0.15) is 0 Å². The minimum Gasteiger partial charge on any atom is -0.473 e. The third kappa shape index (κ3) is 20.5. The minimum absolute atomic E-state index is 0.114. The normalized spacial score (nSPS) is 16.9. The van der Waals surface area contributed by atoms with Gasteiger partial charge in [0.05, 0.1) is 36.9 Å². The molecule has 0 aliphatic carbocycles. The number of rotatable bonds is 28. The second-order valence-corrected chi connectivity index (χ2v) is 10.5. The Hall–Kier alpha value is -1.04. The van der Waals surface area contributed by atoms with E-state index in [1.54, 1.807) is 12.2 Å². The van der Waals surface area contributed by atoms with Crippen LogP contribution < -0.4 is 0 Å². The summed E-state index contributed by atoms with van der Waals surface area (Å²) >= 11 is 0. The summed E-state index contributed by atoms with van der Waals surface area (Å²) in [6, 6.07) is 0. The predicted molar refractivity (Wildman–Crippen MR) is 153 cm³/mol. The third-order valence-electron chi connectivity index (χ3n) is 7.17. The van der Waals surface area contributed by atoms with Crippen molar-refractivity contribution >= 4 is 0 Å². The molecule has 0 aromatic rings. The Morgan fingerprint density at radius 2 is 0.641 bits per heavy atom. The maximum absolute atomic E-state index is 10.7. The molecule has 0 heterocycles. The Labute approximate surface area is 235 Å². The van der Waals surface area contributed by atoms with E-state index in [0.29, 0.717) is 51.4 Å². The maximum Gasteiger partial charge on any atom is 0.0866 e. The largest absolute Gasteiger partial charge is 0.473 e. The minimum atomic E-state index is -0.769. The van der Waals surface area contributed by atoms with Crippen LogP contribution in [0.25, 0.3) is 0 Å². The van der Waals surface area contributed by atoms with Gasteiger partial charge in [-0.2, -0.15) is 0 Å². The Kier molecular flexibility index (Phi) is 26.4. The zero-order valence-corrected chi connectivity index (χ0v) is 23.9. The Morgan fingerprint density at radius 1 is 0.385 bits per heavy atom. The van der Waals surface area contributed by atoms with E-state index in [0.717, 1.165) is 51.4 Å². The summed E-state index contributed by atoms with van der Waals surface area (Å²) < 4.78 is 5.53. The summed E-state index contributed by atoms with van der Waals surface area (Å²) in [6.07, 6.45) is 13.8. The van der Waals surface area contributed by atoms with Crippen molar-refractivity contribution < 1.29 is 45.6 Å². The summed E-state index contributed by atoms with van der Waals surface area (Å²) in [5, 5.41) is 78.8. The highest BCUT2D eigenvalue weighted by Crippen LogP contribution is 2.23. The zero-order chi connectivity index (χ0) is 29.1. The van der Waals surface area contributed by atoms with Gasteiger partial charge < -0.3 is 45.6 Å². The lowest BCUT2D eigenvalue weighted by Crippen LogP contribution is -2.30. The third-order valence-corrected chi connectivity index (χ3v) is 7.17. The van der Waals surface area contributed by atoms with Gasteiger partial charge in [0.2, 0.25) is 0 Å². The molecule has 0 aromatic carbocycles. The molecule has 4 atom stereocenters. The van der Waals surface area contributed by atoms with Crippen LogP contribution in [0.4, 0.5) is 0 Å². The molecule has 0 aliphatic rings. The first-order valence-corrected chi connectivity index (χ1v) is 15.1. The molecule has 0 fully saturated rings. The van der Waals surface area contributed by atoms with Gasteiger partial charge in [-0.3, -0.25) is 0 Å². The number of hydrogen-bond donors (Lipinski definition) is 8. The van der Waals surface area contributed by atoms with Crippen LogP contribution in [0.5, 0.6) is 0 Å². The zero-order valence-electron chi connectivity index (χ0n) is 23.9. The summed E-state index contributed by atoms with van der Waals surface area (Å²) in [6.45, 7) is 0.456. The van der Waals surface area contributed by atoms with Crippen LogP contribution >= 0.6 is 0 Å². The van der Waals surface area contributed by atoms with Crippen LogP contribution in [0.3, 0.4) is 0 Å². The van der Waals surface area contributed by atoms with E-state index in [-0.39, 0.29) is 26.4 Å². The van der Waals surface area contributed by atoms with Gasteiger partial charge in [-0.15, -0.1) is 0 Å². The Balaban J connectivity index is 5.17. The molecule has 8 N–H and O–H groups in total. The molecule has 0 bridgehead atoms. The first-order chi connectivity index (χ1) is 18.9. The number of unbranched alkanes of at least 4 members (excludes halogenated alkanes) is 8. The summed E-state index contributed by atoms with van der Waals surface area (Å²) in [5.41, 5.74) is 0. The van der Waals surface area contributed by atoms with E-state index in [1.165, 1.54) is 12.5 Å². The molecule has 9 heteroatoms. The molecule has 0 rings (SSSR count). The Bertz CT molecular complexity index is 489. The van der Waals surface area contributed by atoms with Crippen molar-refractivity contribution in [3.05, 3.63) is 24.7 Å². The van der Waals surface area contributed by atoms with Crippen LogP contribution in [0, 0.1) is 11.8 Å². The fraction of sp³-hybridized carbons (Fsp3) is 0.867. The smallest absolute Gasteiger partial charge is 0.0866 e. The van der Waals surface area contributed by atoms with Gasteiger partial charge in [0, 0.05) is 38.3 Å².